The van der Waals surface area contributed by atoms with E-state index < -0.39 is 0 Å². The molecule has 0 bridgehead atoms. The molecule has 1 heterocycles. The number of alkyl halides is 1. The van der Waals surface area contributed by atoms with Crippen molar-refractivity contribution in [2.75, 3.05) is 0 Å². The third-order valence-electron chi connectivity index (χ3n) is 2.86. The maximum absolute atomic E-state index is 6.55. The van der Waals surface area contributed by atoms with Crippen molar-refractivity contribution in [2.45, 2.75) is 26.1 Å². The Hall–Kier alpha value is -0.500. The largest absolute Gasteiger partial charge is 0.145 e. The molecule has 0 radical (unpaired) electrons. The lowest BCUT2D eigenvalue weighted by molar-refractivity contribution is 1.13. The molecule has 0 fully saturated rings. The molecular weight excluding hydrogens is 271 g/mol. The summed E-state index contributed by atoms with van der Waals surface area (Å²) in [5.74, 6) is 0. The van der Waals surface area contributed by atoms with Crippen LogP contribution < -0.4 is 0 Å². The van der Waals surface area contributed by atoms with Crippen molar-refractivity contribution in [1.29, 1.82) is 0 Å². The SMILES string of the molecule is Cc1ccc(C)c(C(Cl)c2scc(C)c2Cl)c1. The number of thiophene rings is 1. The molecule has 90 valence electrons. The van der Waals surface area contributed by atoms with Gasteiger partial charge in [-0.1, -0.05) is 35.4 Å². The molecule has 1 unspecified atom stereocenters. The van der Waals surface area contributed by atoms with E-state index in [2.05, 4.69) is 37.4 Å². The minimum absolute atomic E-state index is 0.152. The third kappa shape index (κ3) is 2.52. The van der Waals surface area contributed by atoms with Gasteiger partial charge in [0.15, 0.2) is 0 Å². The normalized spacial score (nSPS) is 12.8. The molecule has 0 aliphatic carbocycles. The van der Waals surface area contributed by atoms with Crippen molar-refractivity contribution in [3.63, 3.8) is 0 Å². The third-order valence-corrected chi connectivity index (χ3v) is 5.22. The van der Waals surface area contributed by atoms with E-state index in [-0.39, 0.29) is 5.38 Å². The van der Waals surface area contributed by atoms with Crippen LogP contribution in [-0.2, 0) is 0 Å². The van der Waals surface area contributed by atoms with Crippen LogP contribution in [0.25, 0.3) is 0 Å². The molecule has 0 nitrogen and oxygen atoms in total. The first-order valence-electron chi connectivity index (χ1n) is 5.45. The summed E-state index contributed by atoms with van der Waals surface area (Å²) in [6.45, 7) is 6.17. The van der Waals surface area contributed by atoms with Gasteiger partial charge in [0.05, 0.1) is 10.4 Å². The molecule has 0 saturated heterocycles. The Morgan fingerprint density at radius 2 is 1.82 bits per heavy atom. The average Bonchev–Trinajstić information content (AvgIpc) is 2.62. The molecule has 1 aromatic carbocycles. The Morgan fingerprint density at radius 3 is 2.41 bits per heavy atom. The minimum atomic E-state index is -0.152. The quantitative estimate of drug-likeness (QED) is 0.625. The van der Waals surface area contributed by atoms with Gasteiger partial charge in [-0.05, 0) is 42.8 Å². The molecule has 0 amide bonds. The van der Waals surface area contributed by atoms with Gasteiger partial charge in [0.2, 0.25) is 0 Å². The van der Waals surface area contributed by atoms with Crippen molar-refractivity contribution in [3.8, 4) is 0 Å². The zero-order chi connectivity index (χ0) is 12.6. The van der Waals surface area contributed by atoms with Crippen molar-refractivity contribution < 1.29 is 0 Å². The average molecular weight is 285 g/mol. The second kappa shape index (κ2) is 5.01. The van der Waals surface area contributed by atoms with Gasteiger partial charge in [0.25, 0.3) is 0 Å². The van der Waals surface area contributed by atoms with Crippen LogP contribution in [0.5, 0.6) is 0 Å². The van der Waals surface area contributed by atoms with Gasteiger partial charge in [-0.3, -0.25) is 0 Å². The number of aryl methyl sites for hydroxylation is 3. The lowest BCUT2D eigenvalue weighted by Crippen LogP contribution is -1.95. The predicted octanol–water partition coefficient (Wildman–Crippen LogP) is 5.65. The number of hydrogen-bond donors (Lipinski definition) is 0. The number of halogens is 2. The van der Waals surface area contributed by atoms with E-state index >= 15 is 0 Å². The first-order chi connectivity index (χ1) is 8.00. The lowest BCUT2D eigenvalue weighted by Gasteiger charge is -2.13. The van der Waals surface area contributed by atoms with Crippen LogP contribution in [-0.4, -0.2) is 0 Å². The molecule has 2 rings (SSSR count). The predicted molar refractivity (Wildman–Crippen MR) is 77.7 cm³/mol. The van der Waals surface area contributed by atoms with Gasteiger partial charge in [-0.2, -0.15) is 0 Å². The topological polar surface area (TPSA) is 0 Å². The van der Waals surface area contributed by atoms with E-state index in [1.54, 1.807) is 11.3 Å². The fourth-order valence-electron chi connectivity index (χ4n) is 1.79. The Morgan fingerprint density at radius 1 is 1.12 bits per heavy atom. The Balaban J connectivity index is 2.47. The number of hydrogen-bond acceptors (Lipinski definition) is 1. The van der Waals surface area contributed by atoms with E-state index in [9.17, 15) is 0 Å². The van der Waals surface area contributed by atoms with Crippen molar-refractivity contribution in [1.82, 2.24) is 0 Å². The second-order valence-corrected chi connectivity index (χ2v) is 6.05. The first kappa shape index (κ1) is 12.9. The lowest BCUT2D eigenvalue weighted by atomic mass is 10.0. The van der Waals surface area contributed by atoms with Crippen molar-refractivity contribution in [2.24, 2.45) is 0 Å². The molecular formula is C14H14Cl2S. The van der Waals surface area contributed by atoms with E-state index in [1.165, 1.54) is 11.1 Å². The molecule has 0 N–H and O–H groups in total. The fraction of sp³-hybridized carbons (Fsp3) is 0.286. The van der Waals surface area contributed by atoms with Gasteiger partial charge in [-0.15, -0.1) is 22.9 Å². The Bertz CT molecular complexity index is 543. The summed E-state index contributed by atoms with van der Waals surface area (Å²) in [6, 6.07) is 6.34. The monoisotopic (exact) mass is 284 g/mol. The fourth-order valence-corrected chi connectivity index (χ4v) is 3.64. The Kier molecular flexibility index (Phi) is 3.82. The van der Waals surface area contributed by atoms with Crippen LogP contribution in [0, 0.1) is 20.8 Å². The van der Waals surface area contributed by atoms with E-state index in [1.807, 2.05) is 6.92 Å². The van der Waals surface area contributed by atoms with E-state index in [0.717, 1.165) is 21.0 Å². The highest BCUT2D eigenvalue weighted by Crippen LogP contribution is 2.40. The Labute approximate surface area is 116 Å². The smallest absolute Gasteiger partial charge is 0.0945 e. The van der Waals surface area contributed by atoms with Gasteiger partial charge in [0.1, 0.15) is 0 Å². The molecule has 0 aliphatic rings. The summed E-state index contributed by atoms with van der Waals surface area (Å²) in [5, 5.41) is 2.70. The molecule has 3 heteroatoms. The minimum Gasteiger partial charge on any atom is -0.145 e. The second-order valence-electron chi connectivity index (χ2n) is 4.32. The van der Waals surface area contributed by atoms with Crippen LogP contribution in [0.3, 0.4) is 0 Å². The summed E-state index contributed by atoms with van der Waals surface area (Å²) >= 11 is 14.5. The highest BCUT2D eigenvalue weighted by molar-refractivity contribution is 7.11. The van der Waals surface area contributed by atoms with Crippen LogP contribution in [0.15, 0.2) is 23.6 Å². The molecule has 0 aliphatic heterocycles. The maximum Gasteiger partial charge on any atom is 0.0945 e. The summed E-state index contributed by atoms with van der Waals surface area (Å²) in [5.41, 5.74) is 4.68. The number of benzene rings is 1. The zero-order valence-electron chi connectivity index (χ0n) is 10.1. The molecule has 0 saturated carbocycles. The molecule has 17 heavy (non-hydrogen) atoms. The van der Waals surface area contributed by atoms with Crippen LogP contribution >= 0.6 is 34.5 Å². The maximum atomic E-state index is 6.55. The van der Waals surface area contributed by atoms with Crippen molar-refractivity contribution in [3.05, 3.63) is 55.7 Å². The van der Waals surface area contributed by atoms with E-state index in [4.69, 9.17) is 23.2 Å². The summed E-state index contributed by atoms with van der Waals surface area (Å²) in [6.07, 6.45) is 0. The van der Waals surface area contributed by atoms with E-state index in [0.29, 0.717) is 0 Å². The molecule has 2 aromatic rings. The van der Waals surface area contributed by atoms with Crippen LogP contribution in [0.2, 0.25) is 5.02 Å². The van der Waals surface area contributed by atoms with Gasteiger partial charge < -0.3 is 0 Å². The molecule has 1 aromatic heterocycles. The van der Waals surface area contributed by atoms with Crippen molar-refractivity contribution >= 4 is 34.5 Å². The highest BCUT2D eigenvalue weighted by Gasteiger charge is 2.19. The first-order valence-corrected chi connectivity index (χ1v) is 7.15. The highest BCUT2D eigenvalue weighted by atomic mass is 35.5. The summed E-state index contributed by atoms with van der Waals surface area (Å²) in [7, 11) is 0. The zero-order valence-corrected chi connectivity index (χ0v) is 12.4. The molecule has 0 spiro atoms. The van der Waals surface area contributed by atoms with Crippen LogP contribution in [0.4, 0.5) is 0 Å². The van der Waals surface area contributed by atoms with Crippen LogP contribution in [0.1, 0.15) is 32.5 Å². The van der Waals surface area contributed by atoms with Gasteiger partial charge >= 0.3 is 0 Å². The van der Waals surface area contributed by atoms with Gasteiger partial charge in [0, 0.05) is 4.88 Å². The number of rotatable bonds is 2. The van der Waals surface area contributed by atoms with Gasteiger partial charge in [-0.25, -0.2) is 0 Å². The summed E-state index contributed by atoms with van der Waals surface area (Å²) < 4.78 is 0. The summed E-state index contributed by atoms with van der Waals surface area (Å²) in [4.78, 5) is 1.04. The standard InChI is InChI=1S/C14H14Cl2S/c1-8-4-5-9(2)11(6-8)13(16)14-12(15)10(3)7-17-14/h4-7,13H,1-3H3. The molecule has 1 atom stereocenters.